The Morgan fingerprint density at radius 3 is 2.18 bits per heavy atom. The van der Waals surface area contributed by atoms with Crippen LogP contribution in [0.2, 0.25) is 0 Å². The number of amides is 2. The fourth-order valence-corrected chi connectivity index (χ4v) is 4.53. The Balaban J connectivity index is 1.19. The number of nitrogens with one attached hydrogen (secondary N) is 1. The maximum atomic E-state index is 12.7. The Kier molecular flexibility index (Phi) is 6.61. The number of hydrogen-bond acceptors (Lipinski definition) is 3. The second-order valence-corrected chi connectivity index (χ2v) is 9.20. The van der Waals surface area contributed by atoms with Crippen molar-refractivity contribution in [3.05, 3.63) is 95.6 Å². The summed E-state index contributed by atoms with van der Waals surface area (Å²) in [5.41, 5.74) is 5.50. The number of carbonyl (C=O) groups excluding carboxylic acids is 2. The topological polar surface area (TPSA) is 58.6 Å². The number of nitrogens with zero attached hydrogens (tertiary/aromatic N) is 1. The van der Waals surface area contributed by atoms with E-state index in [2.05, 4.69) is 53.8 Å². The summed E-state index contributed by atoms with van der Waals surface area (Å²) in [5, 5.41) is 3.01. The van der Waals surface area contributed by atoms with Gasteiger partial charge in [-0.2, -0.15) is 0 Å². The van der Waals surface area contributed by atoms with Gasteiger partial charge in [0.15, 0.2) is 0 Å². The van der Waals surface area contributed by atoms with Gasteiger partial charge in [0.1, 0.15) is 6.61 Å². The molecule has 174 valence electrons. The predicted molar refractivity (Wildman–Crippen MR) is 132 cm³/mol. The molecule has 3 aromatic rings. The zero-order valence-electron chi connectivity index (χ0n) is 19.3. The molecule has 1 atom stereocenters. The number of ether oxygens (including phenoxy) is 1. The minimum atomic E-state index is -0.250. The fourth-order valence-electron chi connectivity index (χ4n) is 4.53. The smallest absolute Gasteiger partial charge is 0.410 e. The molecule has 1 heterocycles. The number of hydrogen-bond donors (Lipinski definition) is 1. The first-order chi connectivity index (χ1) is 16.7. The van der Waals surface area contributed by atoms with Gasteiger partial charge in [0, 0.05) is 19.0 Å². The van der Waals surface area contributed by atoms with E-state index in [0.717, 1.165) is 60.0 Å². The molecule has 1 saturated carbocycles. The van der Waals surface area contributed by atoms with Gasteiger partial charge < -0.3 is 15.0 Å². The lowest BCUT2D eigenvalue weighted by molar-refractivity contribution is -0.122. The number of benzene rings is 3. The first kappa shape index (κ1) is 22.2. The SMILES string of the molecule is O=C(NCc1ccc(-c2ccc([C@H]3CCCN3C(=O)OCc3ccccc3)cc2)cc1)C1CC1. The van der Waals surface area contributed by atoms with Crippen molar-refractivity contribution in [3.63, 3.8) is 0 Å². The molecule has 3 aromatic carbocycles. The van der Waals surface area contributed by atoms with Crippen LogP contribution in [0.25, 0.3) is 11.1 Å². The quantitative estimate of drug-likeness (QED) is 0.487. The lowest BCUT2D eigenvalue weighted by atomic mass is 9.99. The summed E-state index contributed by atoms with van der Waals surface area (Å²) < 4.78 is 5.58. The first-order valence-corrected chi connectivity index (χ1v) is 12.1. The third-order valence-electron chi connectivity index (χ3n) is 6.69. The lowest BCUT2D eigenvalue weighted by Gasteiger charge is -2.24. The summed E-state index contributed by atoms with van der Waals surface area (Å²) in [4.78, 5) is 26.4. The molecule has 0 aromatic heterocycles. The van der Waals surface area contributed by atoms with E-state index in [1.165, 1.54) is 0 Å². The van der Waals surface area contributed by atoms with Crippen LogP contribution < -0.4 is 5.32 Å². The molecule has 2 amide bonds. The van der Waals surface area contributed by atoms with Crippen LogP contribution in [0.4, 0.5) is 4.79 Å². The molecule has 34 heavy (non-hydrogen) atoms. The van der Waals surface area contributed by atoms with Crippen molar-refractivity contribution in [2.24, 2.45) is 5.92 Å². The Morgan fingerprint density at radius 1 is 0.824 bits per heavy atom. The highest BCUT2D eigenvalue weighted by molar-refractivity contribution is 5.80. The molecule has 0 radical (unpaired) electrons. The van der Waals surface area contributed by atoms with Gasteiger partial charge >= 0.3 is 6.09 Å². The number of rotatable bonds is 7. The third-order valence-corrected chi connectivity index (χ3v) is 6.69. The highest BCUT2D eigenvalue weighted by Gasteiger charge is 2.31. The van der Waals surface area contributed by atoms with E-state index < -0.39 is 0 Å². The summed E-state index contributed by atoms with van der Waals surface area (Å²) in [5.74, 6) is 0.406. The molecule has 0 unspecified atom stereocenters. The fraction of sp³-hybridized carbons (Fsp3) is 0.310. The molecule has 2 aliphatic rings. The zero-order valence-corrected chi connectivity index (χ0v) is 19.3. The van der Waals surface area contributed by atoms with Crippen LogP contribution in [-0.4, -0.2) is 23.4 Å². The van der Waals surface area contributed by atoms with E-state index in [1.54, 1.807) is 0 Å². The van der Waals surface area contributed by atoms with Crippen molar-refractivity contribution in [3.8, 4) is 11.1 Å². The average Bonchev–Trinajstić information content (AvgIpc) is 3.63. The van der Waals surface area contributed by atoms with Gasteiger partial charge in [-0.25, -0.2) is 4.79 Å². The van der Waals surface area contributed by atoms with Crippen LogP contribution in [0.15, 0.2) is 78.9 Å². The Morgan fingerprint density at radius 2 is 1.50 bits per heavy atom. The van der Waals surface area contributed by atoms with Crippen molar-refractivity contribution in [2.75, 3.05) is 6.54 Å². The molecular formula is C29H30N2O3. The van der Waals surface area contributed by atoms with Gasteiger partial charge in [-0.05, 0) is 53.5 Å². The van der Waals surface area contributed by atoms with Crippen LogP contribution in [0.1, 0.15) is 48.4 Å². The van der Waals surface area contributed by atoms with Crippen LogP contribution in [0.3, 0.4) is 0 Å². The van der Waals surface area contributed by atoms with Gasteiger partial charge in [0.05, 0.1) is 6.04 Å². The first-order valence-electron chi connectivity index (χ1n) is 12.1. The van der Waals surface area contributed by atoms with Crippen LogP contribution in [0.5, 0.6) is 0 Å². The maximum Gasteiger partial charge on any atom is 0.410 e. The normalized spacial score (nSPS) is 17.4. The second-order valence-electron chi connectivity index (χ2n) is 9.20. The Labute approximate surface area is 200 Å². The van der Waals surface area contributed by atoms with Crippen molar-refractivity contribution in [1.82, 2.24) is 10.2 Å². The molecule has 5 heteroatoms. The second kappa shape index (κ2) is 10.1. The van der Waals surface area contributed by atoms with Crippen LogP contribution in [-0.2, 0) is 22.7 Å². The monoisotopic (exact) mass is 454 g/mol. The molecule has 1 saturated heterocycles. The number of carbonyl (C=O) groups is 2. The minimum absolute atomic E-state index is 0.0507. The van der Waals surface area contributed by atoms with Crippen molar-refractivity contribution in [2.45, 2.75) is 44.9 Å². The molecule has 1 aliphatic heterocycles. The summed E-state index contributed by atoms with van der Waals surface area (Å²) >= 11 is 0. The molecule has 2 fully saturated rings. The molecule has 5 nitrogen and oxygen atoms in total. The Hall–Kier alpha value is -3.60. The van der Waals surface area contributed by atoms with Gasteiger partial charge in [0.2, 0.25) is 5.91 Å². The van der Waals surface area contributed by atoms with E-state index in [4.69, 9.17) is 4.74 Å². The minimum Gasteiger partial charge on any atom is -0.445 e. The maximum absolute atomic E-state index is 12.7. The van der Waals surface area contributed by atoms with E-state index in [1.807, 2.05) is 35.2 Å². The zero-order chi connectivity index (χ0) is 23.3. The summed E-state index contributed by atoms with van der Waals surface area (Å²) in [6, 6.07) is 26.6. The summed E-state index contributed by atoms with van der Waals surface area (Å²) in [6.45, 7) is 1.59. The average molecular weight is 455 g/mol. The van der Waals surface area contributed by atoms with Crippen molar-refractivity contribution in [1.29, 1.82) is 0 Å². The van der Waals surface area contributed by atoms with Crippen LogP contribution >= 0.6 is 0 Å². The molecule has 1 aliphatic carbocycles. The predicted octanol–water partition coefficient (Wildman–Crippen LogP) is 5.85. The van der Waals surface area contributed by atoms with Gasteiger partial charge in [-0.3, -0.25) is 4.79 Å². The lowest BCUT2D eigenvalue weighted by Crippen LogP contribution is -2.31. The number of likely N-dealkylation sites (tertiary alicyclic amines) is 1. The van der Waals surface area contributed by atoms with E-state index >= 15 is 0 Å². The van der Waals surface area contributed by atoms with Gasteiger partial charge in [-0.1, -0.05) is 78.9 Å². The van der Waals surface area contributed by atoms with Crippen LogP contribution in [0, 0.1) is 5.92 Å². The summed E-state index contributed by atoms with van der Waals surface area (Å²) in [7, 11) is 0. The van der Waals surface area contributed by atoms with Gasteiger partial charge in [0.25, 0.3) is 0 Å². The molecule has 5 rings (SSSR count). The molecule has 0 bridgehead atoms. The highest BCUT2D eigenvalue weighted by atomic mass is 16.6. The molecular weight excluding hydrogens is 424 g/mol. The standard InChI is InChI=1S/C29H30N2O3/c32-28(26-16-17-26)30-19-21-8-10-23(11-9-21)24-12-14-25(15-13-24)27-7-4-18-31(27)29(33)34-20-22-5-2-1-3-6-22/h1-3,5-6,8-15,26-27H,4,7,16-20H2,(H,30,32)/t27-/m1/s1. The van der Waals surface area contributed by atoms with Crippen molar-refractivity contribution < 1.29 is 14.3 Å². The third kappa shape index (κ3) is 5.30. The van der Waals surface area contributed by atoms with E-state index in [-0.39, 0.29) is 24.0 Å². The molecule has 0 spiro atoms. The largest absolute Gasteiger partial charge is 0.445 e. The van der Waals surface area contributed by atoms with E-state index in [9.17, 15) is 9.59 Å². The highest BCUT2D eigenvalue weighted by Crippen LogP contribution is 2.34. The van der Waals surface area contributed by atoms with Crippen molar-refractivity contribution >= 4 is 12.0 Å². The van der Waals surface area contributed by atoms with Gasteiger partial charge in [-0.15, -0.1) is 0 Å². The summed E-state index contributed by atoms with van der Waals surface area (Å²) in [6.07, 6.45) is 3.72. The molecule has 1 N–H and O–H groups in total. The van der Waals surface area contributed by atoms with E-state index in [0.29, 0.717) is 13.2 Å². The Bertz CT molecular complexity index is 1120.